The molecular formula is C10H22N2O. The van der Waals surface area contributed by atoms with Crippen molar-refractivity contribution in [1.29, 1.82) is 0 Å². The van der Waals surface area contributed by atoms with Gasteiger partial charge in [-0.05, 0) is 13.5 Å². The fourth-order valence-electron chi connectivity index (χ4n) is 1.18. The highest BCUT2D eigenvalue weighted by Gasteiger charge is 2.13. The molecule has 0 aliphatic heterocycles. The molecule has 0 spiro atoms. The Hall–Kier alpha value is -0.570. The number of hydrogen-bond acceptors (Lipinski definition) is 2. The highest BCUT2D eigenvalue weighted by atomic mass is 16.2. The quantitative estimate of drug-likeness (QED) is 0.630. The summed E-state index contributed by atoms with van der Waals surface area (Å²) in [5.74, 6) is 0.363. The first kappa shape index (κ1) is 12.4. The maximum Gasteiger partial charge on any atom is 0.225 e. The molecule has 0 radical (unpaired) electrons. The summed E-state index contributed by atoms with van der Waals surface area (Å²) in [7, 11) is 0. The van der Waals surface area contributed by atoms with Crippen molar-refractivity contribution in [3.05, 3.63) is 0 Å². The van der Waals surface area contributed by atoms with Gasteiger partial charge in [-0.1, -0.05) is 20.8 Å². The number of nitrogens with one attached hydrogen (secondary N) is 1. The van der Waals surface area contributed by atoms with Gasteiger partial charge in [-0.25, -0.2) is 0 Å². The molecule has 0 saturated carbocycles. The SMILES string of the molecule is CCNCCN(CC)C(=O)C(C)C. The van der Waals surface area contributed by atoms with E-state index in [0.717, 1.165) is 26.2 Å². The van der Waals surface area contributed by atoms with Crippen molar-refractivity contribution in [2.24, 2.45) is 5.92 Å². The topological polar surface area (TPSA) is 32.3 Å². The standard InChI is InChI=1S/C10H22N2O/c1-5-11-7-8-12(6-2)10(13)9(3)4/h9,11H,5-8H2,1-4H3. The largest absolute Gasteiger partial charge is 0.341 e. The van der Waals surface area contributed by atoms with Crippen LogP contribution in [0.4, 0.5) is 0 Å². The van der Waals surface area contributed by atoms with Crippen molar-refractivity contribution < 1.29 is 4.79 Å². The van der Waals surface area contributed by atoms with Gasteiger partial charge in [0.1, 0.15) is 0 Å². The summed E-state index contributed by atoms with van der Waals surface area (Å²) in [6.07, 6.45) is 0. The van der Waals surface area contributed by atoms with Crippen LogP contribution in [-0.4, -0.2) is 37.0 Å². The molecule has 0 aromatic rings. The molecular weight excluding hydrogens is 164 g/mol. The minimum atomic E-state index is 0.113. The van der Waals surface area contributed by atoms with Crippen LogP contribution in [0.5, 0.6) is 0 Å². The normalized spacial score (nSPS) is 10.5. The first-order valence-electron chi connectivity index (χ1n) is 5.12. The Morgan fingerprint density at radius 1 is 1.38 bits per heavy atom. The molecule has 1 N–H and O–H groups in total. The van der Waals surface area contributed by atoms with Crippen LogP contribution in [0.2, 0.25) is 0 Å². The summed E-state index contributed by atoms with van der Waals surface area (Å²) < 4.78 is 0. The van der Waals surface area contributed by atoms with Crippen molar-refractivity contribution in [2.75, 3.05) is 26.2 Å². The highest BCUT2D eigenvalue weighted by molar-refractivity contribution is 5.78. The van der Waals surface area contributed by atoms with E-state index in [2.05, 4.69) is 12.2 Å². The average Bonchev–Trinajstić information content (AvgIpc) is 2.11. The van der Waals surface area contributed by atoms with Crippen LogP contribution >= 0.6 is 0 Å². The van der Waals surface area contributed by atoms with E-state index in [0.29, 0.717) is 0 Å². The van der Waals surface area contributed by atoms with Crippen molar-refractivity contribution in [3.8, 4) is 0 Å². The molecule has 13 heavy (non-hydrogen) atoms. The summed E-state index contributed by atoms with van der Waals surface area (Å²) in [5.41, 5.74) is 0. The van der Waals surface area contributed by atoms with E-state index in [1.54, 1.807) is 0 Å². The second-order valence-corrected chi connectivity index (χ2v) is 3.43. The third kappa shape index (κ3) is 4.88. The third-order valence-electron chi connectivity index (χ3n) is 2.00. The predicted molar refractivity (Wildman–Crippen MR) is 55.6 cm³/mol. The van der Waals surface area contributed by atoms with E-state index in [9.17, 15) is 4.79 Å². The number of rotatable bonds is 6. The number of carbonyl (C=O) groups excluding carboxylic acids is 1. The zero-order valence-corrected chi connectivity index (χ0v) is 9.26. The Labute approximate surface area is 81.5 Å². The van der Waals surface area contributed by atoms with Gasteiger partial charge in [-0.15, -0.1) is 0 Å². The third-order valence-corrected chi connectivity index (χ3v) is 2.00. The van der Waals surface area contributed by atoms with Crippen molar-refractivity contribution in [1.82, 2.24) is 10.2 Å². The lowest BCUT2D eigenvalue weighted by molar-refractivity contribution is -0.134. The predicted octanol–water partition coefficient (Wildman–Crippen LogP) is 1.10. The first-order chi connectivity index (χ1) is 6.13. The van der Waals surface area contributed by atoms with E-state index < -0.39 is 0 Å². The van der Waals surface area contributed by atoms with Crippen LogP contribution in [0, 0.1) is 5.92 Å². The van der Waals surface area contributed by atoms with Crippen molar-refractivity contribution in [3.63, 3.8) is 0 Å². The zero-order valence-electron chi connectivity index (χ0n) is 9.26. The molecule has 0 aromatic carbocycles. The first-order valence-corrected chi connectivity index (χ1v) is 5.12. The lowest BCUT2D eigenvalue weighted by Crippen LogP contribution is -2.38. The minimum Gasteiger partial charge on any atom is -0.341 e. The van der Waals surface area contributed by atoms with E-state index in [-0.39, 0.29) is 11.8 Å². The molecule has 0 atom stereocenters. The van der Waals surface area contributed by atoms with Gasteiger partial charge >= 0.3 is 0 Å². The lowest BCUT2D eigenvalue weighted by atomic mass is 10.2. The maximum atomic E-state index is 11.6. The number of nitrogens with zero attached hydrogens (tertiary/aromatic N) is 1. The van der Waals surface area contributed by atoms with Gasteiger partial charge in [0.2, 0.25) is 5.91 Å². The maximum absolute atomic E-state index is 11.6. The van der Waals surface area contributed by atoms with E-state index in [1.165, 1.54) is 0 Å². The van der Waals surface area contributed by atoms with Crippen LogP contribution in [-0.2, 0) is 4.79 Å². The molecule has 0 saturated heterocycles. The Morgan fingerprint density at radius 2 is 2.00 bits per heavy atom. The summed E-state index contributed by atoms with van der Waals surface area (Å²) in [5, 5.41) is 3.21. The molecule has 0 bridgehead atoms. The van der Waals surface area contributed by atoms with Gasteiger partial charge in [0.25, 0.3) is 0 Å². The lowest BCUT2D eigenvalue weighted by Gasteiger charge is -2.22. The number of amides is 1. The summed E-state index contributed by atoms with van der Waals surface area (Å²) in [4.78, 5) is 13.5. The van der Waals surface area contributed by atoms with E-state index in [4.69, 9.17) is 0 Å². The molecule has 0 aliphatic rings. The Morgan fingerprint density at radius 3 is 2.38 bits per heavy atom. The van der Waals surface area contributed by atoms with Gasteiger partial charge in [-0.2, -0.15) is 0 Å². The molecule has 0 fully saturated rings. The number of carbonyl (C=O) groups is 1. The smallest absolute Gasteiger partial charge is 0.225 e. The van der Waals surface area contributed by atoms with Crippen LogP contribution in [0.1, 0.15) is 27.7 Å². The van der Waals surface area contributed by atoms with Gasteiger partial charge in [0, 0.05) is 25.6 Å². The zero-order chi connectivity index (χ0) is 10.3. The molecule has 1 amide bonds. The molecule has 78 valence electrons. The molecule has 3 heteroatoms. The fourth-order valence-corrected chi connectivity index (χ4v) is 1.18. The second kappa shape index (κ2) is 6.89. The number of hydrogen-bond donors (Lipinski definition) is 1. The van der Waals surface area contributed by atoms with Crippen LogP contribution < -0.4 is 5.32 Å². The Kier molecular flexibility index (Phi) is 6.59. The molecule has 0 rings (SSSR count). The molecule has 3 nitrogen and oxygen atoms in total. The van der Waals surface area contributed by atoms with Crippen LogP contribution in [0.3, 0.4) is 0 Å². The summed E-state index contributed by atoms with van der Waals surface area (Å²) >= 11 is 0. The Balaban J connectivity index is 3.81. The second-order valence-electron chi connectivity index (χ2n) is 3.43. The molecule has 0 unspecified atom stereocenters. The minimum absolute atomic E-state index is 0.113. The van der Waals surface area contributed by atoms with E-state index in [1.807, 2.05) is 25.7 Å². The summed E-state index contributed by atoms with van der Waals surface area (Å²) in [6.45, 7) is 11.5. The average molecular weight is 186 g/mol. The highest BCUT2D eigenvalue weighted by Crippen LogP contribution is 1.99. The van der Waals surface area contributed by atoms with Gasteiger partial charge in [0.15, 0.2) is 0 Å². The van der Waals surface area contributed by atoms with Crippen LogP contribution in [0.15, 0.2) is 0 Å². The van der Waals surface area contributed by atoms with Gasteiger partial charge in [0.05, 0.1) is 0 Å². The van der Waals surface area contributed by atoms with Crippen molar-refractivity contribution >= 4 is 5.91 Å². The molecule has 0 heterocycles. The molecule has 0 aliphatic carbocycles. The van der Waals surface area contributed by atoms with E-state index >= 15 is 0 Å². The number of likely N-dealkylation sites (N-methyl/N-ethyl adjacent to an activating group) is 2. The summed E-state index contributed by atoms with van der Waals surface area (Å²) in [6, 6.07) is 0. The van der Waals surface area contributed by atoms with Crippen molar-refractivity contribution in [2.45, 2.75) is 27.7 Å². The van der Waals surface area contributed by atoms with Gasteiger partial charge in [-0.3, -0.25) is 4.79 Å². The van der Waals surface area contributed by atoms with Gasteiger partial charge < -0.3 is 10.2 Å². The Bertz CT molecular complexity index is 146. The van der Waals surface area contributed by atoms with Crippen LogP contribution in [0.25, 0.3) is 0 Å². The monoisotopic (exact) mass is 186 g/mol. The fraction of sp³-hybridized carbons (Fsp3) is 0.900. The molecule has 0 aromatic heterocycles.